The van der Waals surface area contributed by atoms with Crippen LogP contribution in [0.1, 0.15) is 10.4 Å². The first-order chi connectivity index (χ1) is 10.5. The second-order valence-corrected chi connectivity index (χ2v) is 5.61. The molecule has 110 valence electrons. The maximum atomic E-state index is 11.1. The molecule has 1 N–H and O–H groups in total. The molecule has 7 heteroatoms. The summed E-state index contributed by atoms with van der Waals surface area (Å²) in [5, 5.41) is 9.94. The second-order valence-electron chi connectivity index (χ2n) is 4.45. The van der Waals surface area contributed by atoms with E-state index in [4.69, 9.17) is 39.9 Å². The van der Waals surface area contributed by atoms with Crippen molar-refractivity contribution < 1.29 is 9.90 Å². The van der Waals surface area contributed by atoms with Crippen LogP contribution in [0.25, 0.3) is 22.2 Å². The minimum atomic E-state index is -1.16. The number of fused-ring (bicyclic) bond motifs is 1. The van der Waals surface area contributed by atoms with Crippen LogP contribution in [-0.4, -0.2) is 21.0 Å². The predicted molar refractivity (Wildman–Crippen MR) is 87.0 cm³/mol. The number of nitrogens with zero attached hydrogens (tertiary/aromatic N) is 2. The van der Waals surface area contributed by atoms with E-state index in [-0.39, 0.29) is 10.6 Å². The van der Waals surface area contributed by atoms with Crippen LogP contribution >= 0.6 is 34.8 Å². The van der Waals surface area contributed by atoms with Crippen LogP contribution in [-0.2, 0) is 0 Å². The van der Waals surface area contributed by atoms with Crippen LogP contribution in [0.5, 0.6) is 0 Å². The van der Waals surface area contributed by atoms with Gasteiger partial charge in [0, 0.05) is 23.5 Å². The second kappa shape index (κ2) is 5.72. The lowest BCUT2D eigenvalue weighted by molar-refractivity contribution is 0.0697. The van der Waals surface area contributed by atoms with Gasteiger partial charge in [-0.25, -0.2) is 4.79 Å². The van der Waals surface area contributed by atoms with Gasteiger partial charge < -0.3 is 5.11 Å². The van der Waals surface area contributed by atoms with E-state index in [9.17, 15) is 4.79 Å². The molecular weight excluding hydrogens is 347 g/mol. The highest BCUT2D eigenvalue weighted by atomic mass is 35.5. The van der Waals surface area contributed by atoms with Crippen molar-refractivity contribution in [3.05, 3.63) is 57.3 Å². The molecule has 22 heavy (non-hydrogen) atoms. The maximum Gasteiger partial charge on any atom is 0.338 e. The molecule has 0 aliphatic heterocycles. The van der Waals surface area contributed by atoms with Crippen molar-refractivity contribution >= 4 is 51.8 Å². The molecule has 0 radical (unpaired) electrons. The standard InChI is InChI=1S/C15H7Cl3N2O2/c16-10-3-1-2-7(11(10)17)8-4-5-19-14-12(18)9(15(21)22)6-20-13(8)14/h1-6H,(H,21,22). The third-order valence-electron chi connectivity index (χ3n) is 3.16. The number of pyridine rings is 2. The largest absolute Gasteiger partial charge is 0.478 e. The molecule has 1 aromatic carbocycles. The van der Waals surface area contributed by atoms with Crippen LogP contribution in [0.2, 0.25) is 15.1 Å². The third kappa shape index (κ3) is 2.39. The molecule has 0 spiro atoms. The zero-order valence-electron chi connectivity index (χ0n) is 10.8. The van der Waals surface area contributed by atoms with Gasteiger partial charge in [0.05, 0.1) is 26.1 Å². The Balaban J connectivity index is 2.35. The number of hydrogen-bond donors (Lipinski definition) is 1. The molecule has 0 unspecified atom stereocenters. The number of aromatic carboxylic acids is 1. The lowest BCUT2D eigenvalue weighted by atomic mass is 10.0. The Hall–Kier alpha value is -1.88. The van der Waals surface area contributed by atoms with Crippen LogP contribution in [0.15, 0.2) is 36.7 Å². The van der Waals surface area contributed by atoms with Crippen molar-refractivity contribution in [2.24, 2.45) is 0 Å². The molecule has 0 saturated heterocycles. The first-order valence-corrected chi connectivity index (χ1v) is 7.25. The lowest BCUT2D eigenvalue weighted by Gasteiger charge is -2.10. The topological polar surface area (TPSA) is 63.1 Å². The first-order valence-electron chi connectivity index (χ1n) is 6.11. The van der Waals surface area contributed by atoms with Crippen LogP contribution in [0, 0.1) is 0 Å². The van der Waals surface area contributed by atoms with Crippen LogP contribution in [0.3, 0.4) is 0 Å². The number of halogens is 3. The van der Waals surface area contributed by atoms with Crippen molar-refractivity contribution in [1.82, 2.24) is 9.97 Å². The average molecular weight is 354 g/mol. The summed E-state index contributed by atoms with van der Waals surface area (Å²) in [5.74, 6) is -1.16. The predicted octanol–water partition coefficient (Wildman–Crippen LogP) is 4.96. The van der Waals surface area contributed by atoms with Gasteiger partial charge in [-0.05, 0) is 12.1 Å². The average Bonchev–Trinajstić information content (AvgIpc) is 2.50. The van der Waals surface area contributed by atoms with Gasteiger partial charge in [-0.15, -0.1) is 0 Å². The van der Waals surface area contributed by atoms with Crippen LogP contribution in [0.4, 0.5) is 0 Å². The van der Waals surface area contributed by atoms with Gasteiger partial charge in [0.1, 0.15) is 5.52 Å². The van der Waals surface area contributed by atoms with Gasteiger partial charge in [0.15, 0.2) is 0 Å². The van der Waals surface area contributed by atoms with Crippen LogP contribution < -0.4 is 0 Å². The number of rotatable bonds is 2. The van der Waals surface area contributed by atoms with Crippen molar-refractivity contribution in [1.29, 1.82) is 0 Å². The van der Waals surface area contributed by atoms with E-state index in [1.54, 1.807) is 24.3 Å². The number of carboxylic acid groups (broad SMARTS) is 1. The molecule has 2 heterocycles. The van der Waals surface area contributed by atoms with Crippen molar-refractivity contribution in [3.63, 3.8) is 0 Å². The fourth-order valence-electron chi connectivity index (χ4n) is 2.14. The Morgan fingerprint density at radius 1 is 0.955 bits per heavy atom. The summed E-state index contributed by atoms with van der Waals surface area (Å²) < 4.78 is 0. The minimum Gasteiger partial charge on any atom is -0.478 e. The lowest BCUT2D eigenvalue weighted by Crippen LogP contribution is -2.00. The van der Waals surface area contributed by atoms with Gasteiger partial charge in [0.25, 0.3) is 0 Å². The Labute approximate surface area is 140 Å². The fourth-order valence-corrected chi connectivity index (χ4v) is 2.81. The number of aromatic nitrogens is 2. The Bertz CT molecular complexity index is 913. The fraction of sp³-hybridized carbons (Fsp3) is 0. The van der Waals surface area contributed by atoms with Crippen molar-refractivity contribution in [2.45, 2.75) is 0 Å². The summed E-state index contributed by atoms with van der Waals surface area (Å²) in [6.07, 6.45) is 2.73. The van der Waals surface area contributed by atoms with E-state index >= 15 is 0 Å². The number of carboxylic acids is 1. The summed E-state index contributed by atoms with van der Waals surface area (Å²) in [6.45, 7) is 0. The molecule has 0 bridgehead atoms. The molecule has 0 aliphatic carbocycles. The number of carbonyl (C=O) groups is 1. The van der Waals surface area contributed by atoms with Gasteiger partial charge in [-0.2, -0.15) is 0 Å². The highest BCUT2D eigenvalue weighted by molar-refractivity contribution is 6.44. The molecule has 0 amide bonds. The van der Waals surface area contributed by atoms with E-state index in [0.717, 1.165) is 0 Å². The molecule has 0 saturated carbocycles. The minimum absolute atomic E-state index is 0.0394. The van der Waals surface area contributed by atoms with E-state index in [1.165, 1.54) is 12.4 Å². The highest BCUT2D eigenvalue weighted by Crippen LogP contribution is 2.37. The summed E-state index contributed by atoms with van der Waals surface area (Å²) in [7, 11) is 0. The zero-order valence-corrected chi connectivity index (χ0v) is 13.1. The van der Waals surface area contributed by atoms with E-state index in [2.05, 4.69) is 9.97 Å². The molecule has 3 rings (SSSR count). The van der Waals surface area contributed by atoms with Gasteiger partial charge in [0.2, 0.25) is 0 Å². The quantitative estimate of drug-likeness (QED) is 0.707. The van der Waals surface area contributed by atoms with Gasteiger partial charge >= 0.3 is 5.97 Å². The Kier molecular flexibility index (Phi) is 3.91. The SMILES string of the molecule is O=C(O)c1cnc2c(-c3cccc(Cl)c3Cl)ccnc2c1Cl. The van der Waals surface area contributed by atoms with E-state index < -0.39 is 5.97 Å². The Morgan fingerprint density at radius 2 is 1.73 bits per heavy atom. The molecule has 3 aromatic rings. The monoisotopic (exact) mass is 352 g/mol. The van der Waals surface area contributed by atoms with Crippen molar-refractivity contribution in [3.8, 4) is 11.1 Å². The summed E-state index contributed by atoms with van der Waals surface area (Å²) in [6, 6.07) is 6.97. The molecule has 0 atom stereocenters. The molecule has 0 fully saturated rings. The highest BCUT2D eigenvalue weighted by Gasteiger charge is 2.17. The van der Waals surface area contributed by atoms with Gasteiger partial charge in [-0.3, -0.25) is 9.97 Å². The summed E-state index contributed by atoms with van der Waals surface area (Å²) >= 11 is 18.4. The van der Waals surface area contributed by atoms with Gasteiger partial charge in [-0.1, -0.05) is 46.9 Å². The first kappa shape index (κ1) is 15.0. The summed E-state index contributed by atoms with van der Waals surface area (Å²) in [5.41, 5.74) is 2.01. The summed E-state index contributed by atoms with van der Waals surface area (Å²) in [4.78, 5) is 19.4. The molecule has 2 aromatic heterocycles. The van der Waals surface area contributed by atoms with Crippen molar-refractivity contribution in [2.75, 3.05) is 0 Å². The molecule has 4 nitrogen and oxygen atoms in total. The third-order valence-corrected chi connectivity index (χ3v) is 4.37. The normalized spacial score (nSPS) is 10.9. The zero-order chi connectivity index (χ0) is 15.9. The molecule has 0 aliphatic rings. The smallest absolute Gasteiger partial charge is 0.338 e. The number of hydrogen-bond acceptors (Lipinski definition) is 3. The Morgan fingerprint density at radius 3 is 2.45 bits per heavy atom. The van der Waals surface area contributed by atoms with E-state index in [1.807, 2.05) is 0 Å². The van der Waals surface area contributed by atoms with E-state index in [0.29, 0.717) is 32.2 Å². The number of benzene rings is 1. The maximum absolute atomic E-state index is 11.1. The molecular formula is C15H7Cl3N2O2.